The highest BCUT2D eigenvalue weighted by molar-refractivity contribution is 6.33. The molecule has 2 rings (SSSR count). The van der Waals surface area contributed by atoms with Crippen LogP contribution in [0, 0.1) is 11.7 Å². The molecule has 0 aliphatic heterocycles. The molecule has 0 saturated heterocycles. The largest absolute Gasteiger partial charge is 0.480 e. The van der Waals surface area contributed by atoms with Crippen LogP contribution >= 0.6 is 11.6 Å². The van der Waals surface area contributed by atoms with Crippen LogP contribution in [0.25, 0.3) is 0 Å². The third-order valence-electron chi connectivity index (χ3n) is 3.39. The molecule has 1 aliphatic rings. The molecule has 1 unspecified atom stereocenters. The summed E-state index contributed by atoms with van der Waals surface area (Å²) < 4.78 is 13.1. The van der Waals surface area contributed by atoms with Crippen molar-refractivity contribution in [1.82, 2.24) is 5.32 Å². The number of hydrogen-bond acceptors (Lipinski definition) is 2. The molecule has 1 aromatic rings. The fourth-order valence-electron chi connectivity index (χ4n) is 1.97. The first-order valence-electron chi connectivity index (χ1n) is 6.10. The molecule has 1 aromatic carbocycles. The highest BCUT2D eigenvalue weighted by atomic mass is 35.5. The number of amides is 2. The summed E-state index contributed by atoms with van der Waals surface area (Å²) in [6.07, 6.45) is 1.51. The van der Waals surface area contributed by atoms with E-state index in [2.05, 4.69) is 10.6 Å². The first kappa shape index (κ1) is 14.6. The zero-order chi connectivity index (χ0) is 14.9. The Morgan fingerprint density at radius 2 is 2.10 bits per heavy atom. The van der Waals surface area contributed by atoms with Crippen molar-refractivity contribution < 1.29 is 19.1 Å². The van der Waals surface area contributed by atoms with Crippen molar-refractivity contribution in [1.29, 1.82) is 0 Å². The molecule has 0 bridgehead atoms. The van der Waals surface area contributed by atoms with Crippen molar-refractivity contribution in [3.05, 3.63) is 29.0 Å². The first-order valence-corrected chi connectivity index (χ1v) is 6.48. The van der Waals surface area contributed by atoms with Crippen LogP contribution in [0.5, 0.6) is 0 Å². The van der Waals surface area contributed by atoms with Crippen molar-refractivity contribution >= 4 is 29.3 Å². The summed E-state index contributed by atoms with van der Waals surface area (Å²) in [5.74, 6) is -1.73. The van der Waals surface area contributed by atoms with E-state index in [0.29, 0.717) is 0 Å². The molecular weight excluding hydrogens is 287 g/mol. The fraction of sp³-hybridized carbons (Fsp3) is 0.385. The Balaban J connectivity index is 2.08. The SMILES string of the molecule is CC(NC(=O)Nc1cc(F)ccc1Cl)(C(=O)O)C1CC1. The average molecular weight is 301 g/mol. The lowest BCUT2D eigenvalue weighted by molar-refractivity contribution is -0.144. The average Bonchev–Trinajstić information content (AvgIpc) is 3.17. The Labute approximate surface area is 120 Å². The molecule has 2 amide bonds. The summed E-state index contributed by atoms with van der Waals surface area (Å²) in [6, 6.07) is 2.81. The molecule has 1 atom stereocenters. The van der Waals surface area contributed by atoms with Gasteiger partial charge in [-0.1, -0.05) is 11.6 Å². The Kier molecular flexibility index (Phi) is 3.85. The highest BCUT2D eigenvalue weighted by Gasteiger charge is 2.48. The number of carboxylic acid groups (broad SMARTS) is 1. The second kappa shape index (κ2) is 5.28. The summed E-state index contributed by atoms with van der Waals surface area (Å²) >= 11 is 5.82. The first-order chi connectivity index (χ1) is 9.33. The number of rotatable bonds is 4. The van der Waals surface area contributed by atoms with E-state index in [-0.39, 0.29) is 16.6 Å². The van der Waals surface area contributed by atoms with E-state index in [9.17, 15) is 19.1 Å². The van der Waals surface area contributed by atoms with Gasteiger partial charge in [0.05, 0.1) is 10.7 Å². The topological polar surface area (TPSA) is 78.4 Å². The van der Waals surface area contributed by atoms with Crippen LogP contribution in [-0.2, 0) is 4.79 Å². The van der Waals surface area contributed by atoms with Gasteiger partial charge in [0.25, 0.3) is 0 Å². The van der Waals surface area contributed by atoms with Crippen LogP contribution in [0.2, 0.25) is 5.02 Å². The third-order valence-corrected chi connectivity index (χ3v) is 3.72. The van der Waals surface area contributed by atoms with Crippen LogP contribution in [-0.4, -0.2) is 22.6 Å². The molecule has 0 heterocycles. The van der Waals surface area contributed by atoms with E-state index < -0.39 is 23.4 Å². The minimum atomic E-state index is -1.33. The molecule has 3 N–H and O–H groups in total. The molecule has 1 saturated carbocycles. The van der Waals surface area contributed by atoms with Gasteiger partial charge in [-0.2, -0.15) is 0 Å². The number of hydrogen-bond donors (Lipinski definition) is 3. The maximum Gasteiger partial charge on any atom is 0.329 e. The lowest BCUT2D eigenvalue weighted by atomic mass is 9.96. The van der Waals surface area contributed by atoms with Gasteiger partial charge in [-0.05, 0) is 43.9 Å². The molecule has 20 heavy (non-hydrogen) atoms. The van der Waals surface area contributed by atoms with E-state index in [1.54, 1.807) is 0 Å². The summed E-state index contributed by atoms with van der Waals surface area (Å²) in [5.41, 5.74) is -1.24. The number of carbonyl (C=O) groups is 2. The van der Waals surface area contributed by atoms with E-state index in [1.165, 1.54) is 13.0 Å². The van der Waals surface area contributed by atoms with E-state index in [4.69, 9.17) is 11.6 Å². The van der Waals surface area contributed by atoms with Crippen LogP contribution in [0.15, 0.2) is 18.2 Å². The van der Waals surface area contributed by atoms with E-state index in [0.717, 1.165) is 25.0 Å². The monoisotopic (exact) mass is 300 g/mol. The van der Waals surface area contributed by atoms with Crippen molar-refractivity contribution in [2.45, 2.75) is 25.3 Å². The van der Waals surface area contributed by atoms with Gasteiger partial charge in [0.2, 0.25) is 0 Å². The van der Waals surface area contributed by atoms with Crippen molar-refractivity contribution in [2.24, 2.45) is 5.92 Å². The van der Waals surface area contributed by atoms with Gasteiger partial charge >= 0.3 is 12.0 Å². The molecule has 7 heteroatoms. The molecule has 1 aliphatic carbocycles. The Morgan fingerprint density at radius 1 is 1.45 bits per heavy atom. The fourth-order valence-corrected chi connectivity index (χ4v) is 2.14. The molecule has 0 aromatic heterocycles. The maximum absolute atomic E-state index is 13.1. The Hall–Kier alpha value is -1.82. The van der Waals surface area contributed by atoms with Gasteiger partial charge in [0.1, 0.15) is 11.4 Å². The number of aliphatic carboxylic acids is 1. The normalized spacial score (nSPS) is 17.1. The number of anilines is 1. The quantitative estimate of drug-likeness (QED) is 0.800. The number of benzene rings is 1. The Bertz CT molecular complexity index is 563. The second-order valence-corrected chi connectivity index (χ2v) is 5.39. The standard InChI is InChI=1S/C13H14ClFN2O3/c1-13(11(18)19,7-2-3-7)17-12(20)16-10-6-8(15)4-5-9(10)14/h4-7H,2-3H2,1H3,(H,18,19)(H2,16,17,20). The second-order valence-electron chi connectivity index (χ2n) is 4.99. The molecular formula is C13H14ClFN2O3. The maximum atomic E-state index is 13.1. The number of carboxylic acids is 1. The number of nitrogens with one attached hydrogen (secondary N) is 2. The van der Waals surface area contributed by atoms with Gasteiger partial charge in [0, 0.05) is 0 Å². The molecule has 108 valence electrons. The minimum absolute atomic E-state index is 0.0891. The van der Waals surface area contributed by atoms with Crippen LogP contribution in [0.3, 0.4) is 0 Å². The summed E-state index contributed by atoms with van der Waals surface area (Å²) in [5, 5.41) is 14.2. The van der Waals surface area contributed by atoms with Crippen molar-refractivity contribution in [3.63, 3.8) is 0 Å². The van der Waals surface area contributed by atoms with E-state index >= 15 is 0 Å². The molecule has 1 fully saturated rings. The van der Waals surface area contributed by atoms with Gasteiger partial charge < -0.3 is 15.7 Å². The van der Waals surface area contributed by atoms with Gasteiger partial charge in [-0.25, -0.2) is 14.0 Å². The summed E-state index contributed by atoms with van der Waals surface area (Å²) in [6.45, 7) is 1.46. The van der Waals surface area contributed by atoms with E-state index in [1.807, 2.05) is 0 Å². The number of halogens is 2. The molecule has 0 radical (unpaired) electrons. The third kappa shape index (κ3) is 3.01. The lowest BCUT2D eigenvalue weighted by Gasteiger charge is -2.26. The molecule has 5 nitrogen and oxygen atoms in total. The van der Waals surface area contributed by atoms with Gasteiger partial charge in [0.15, 0.2) is 0 Å². The van der Waals surface area contributed by atoms with Crippen molar-refractivity contribution in [2.75, 3.05) is 5.32 Å². The van der Waals surface area contributed by atoms with Gasteiger partial charge in [-0.3, -0.25) is 0 Å². The number of carbonyl (C=O) groups excluding carboxylic acids is 1. The Morgan fingerprint density at radius 3 is 2.65 bits per heavy atom. The zero-order valence-corrected chi connectivity index (χ0v) is 11.5. The van der Waals surface area contributed by atoms with Crippen LogP contribution in [0.1, 0.15) is 19.8 Å². The smallest absolute Gasteiger partial charge is 0.329 e. The predicted molar refractivity (Wildman–Crippen MR) is 72.3 cm³/mol. The molecule has 0 spiro atoms. The highest BCUT2D eigenvalue weighted by Crippen LogP contribution is 2.39. The number of urea groups is 1. The van der Waals surface area contributed by atoms with Crippen LogP contribution in [0.4, 0.5) is 14.9 Å². The van der Waals surface area contributed by atoms with Crippen LogP contribution < -0.4 is 10.6 Å². The van der Waals surface area contributed by atoms with Gasteiger partial charge in [-0.15, -0.1) is 0 Å². The predicted octanol–water partition coefficient (Wildman–Crippen LogP) is 2.85. The zero-order valence-electron chi connectivity index (χ0n) is 10.7. The van der Waals surface area contributed by atoms with Crippen molar-refractivity contribution in [3.8, 4) is 0 Å². The summed E-state index contributed by atoms with van der Waals surface area (Å²) in [4.78, 5) is 23.1. The minimum Gasteiger partial charge on any atom is -0.480 e. The summed E-state index contributed by atoms with van der Waals surface area (Å²) in [7, 11) is 0. The lowest BCUT2D eigenvalue weighted by Crippen LogP contribution is -2.55.